The topological polar surface area (TPSA) is 114 Å². The molecule has 1 fully saturated rings. The Morgan fingerprint density at radius 1 is 1.57 bits per heavy atom. The molecule has 1 aliphatic rings. The molecule has 2 heterocycles. The van der Waals surface area contributed by atoms with Crippen molar-refractivity contribution in [1.29, 1.82) is 0 Å². The van der Waals surface area contributed by atoms with Gasteiger partial charge in [-0.3, -0.25) is 14.9 Å². The zero-order chi connectivity index (χ0) is 15.4. The average Bonchev–Trinajstić information content (AvgIpc) is 2.47. The van der Waals surface area contributed by atoms with Crippen molar-refractivity contribution in [2.75, 3.05) is 31.6 Å². The summed E-state index contributed by atoms with van der Waals surface area (Å²) in [4.78, 5) is 27.8. The van der Waals surface area contributed by atoms with Crippen molar-refractivity contribution in [3.8, 4) is 0 Å². The highest BCUT2D eigenvalue weighted by molar-refractivity contribution is 5.98. The van der Waals surface area contributed by atoms with Crippen LogP contribution in [-0.2, 0) is 0 Å². The molecule has 0 spiro atoms. The molecule has 0 aromatic carbocycles. The minimum absolute atomic E-state index is 0.108. The van der Waals surface area contributed by atoms with Gasteiger partial charge in [-0.05, 0) is 32.4 Å². The van der Waals surface area contributed by atoms with Gasteiger partial charge in [0.15, 0.2) is 0 Å². The molecular weight excluding hydrogens is 274 g/mol. The Kier molecular flexibility index (Phi) is 4.69. The van der Waals surface area contributed by atoms with Crippen molar-refractivity contribution in [3.05, 3.63) is 27.9 Å². The number of pyridine rings is 1. The zero-order valence-electron chi connectivity index (χ0n) is 11.9. The number of carbonyl (C=O) groups excluding carboxylic acids is 1. The maximum atomic E-state index is 11.5. The summed E-state index contributed by atoms with van der Waals surface area (Å²) < 4.78 is 0. The molecule has 1 amide bonds. The molecule has 114 valence electrons. The molecule has 0 radical (unpaired) electrons. The van der Waals surface area contributed by atoms with Crippen LogP contribution in [-0.4, -0.2) is 42.5 Å². The monoisotopic (exact) mass is 293 g/mol. The van der Waals surface area contributed by atoms with Crippen LogP contribution in [0.4, 0.5) is 11.5 Å². The number of primary amides is 1. The highest BCUT2D eigenvalue weighted by Gasteiger charge is 2.24. The smallest absolute Gasteiger partial charge is 0.288 e. The Hall–Kier alpha value is -2.22. The highest BCUT2D eigenvalue weighted by atomic mass is 16.6. The van der Waals surface area contributed by atoms with E-state index in [9.17, 15) is 14.9 Å². The summed E-state index contributed by atoms with van der Waals surface area (Å²) >= 11 is 0. The largest absolute Gasteiger partial charge is 0.365 e. The Morgan fingerprint density at radius 3 is 2.76 bits per heavy atom. The van der Waals surface area contributed by atoms with E-state index >= 15 is 0 Å². The van der Waals surface area contributed by atoms with Crippen LogP contribution in [0.15, 0.2) is 12.3 Å². The molecule has 1 saturated heterocycles. The third kappa shape index (κ3) is 3.46. The third-order valence-corrected chi connectivity index (χ3v) is 3.74. The molecule has 1 aliphatic heterocycles. The van der Waals surface area contributed by atoms with Gasteiger partial charge in [0.05, 0.1) is 10.5 Å². The van der Waals surface area contributed by atoms with Crippen molar-refractivity contribution in [2.45, 2.75) is 12.8 Å². The first-order valence-corrected chi connectivity index (χ1v) is 6.86. The molecule has 1 aromatic heterocycles. The van der Waals surface area contributed by atoms with Crippen molar-refractivity contribution < 1.29 is 9.72 Å². The van der Waals surface area contributed by atoms with Crippen LogP contribution in [0.5, 0.6) is 0 Å². The number of rotatable bonds is 5. The second-order valence-electron chi connectivity index (χ2n) is 5.17. The summed E-state index contributed by atoms with van der Waals surface area (Å²) in [5.74, 6) is 0.343. The van der Waals surface area contributed by atoms with Gasteiger partial charge >= 0.3 is 0 Å². The van der Waals surface area contributed by atoms with E-state index in [1.54, 1.807) is 0 Å². The fourth-order valence-corrected chi connectivity index (χ4v) is 2.62. The standard InChI is InChI=1S/C13H19N5O3/c1-15-7-9-2-4-17(5-3-9)13-11(12(14)19)6-10(8-16-13)18(20)21/h6,8-9,15H,2-5,7H2,1H3,(H2,14,19). The Balaban J connectivity index is 2.20. The van der Waals surface area contributed by atoms with Gasteiger partial charge in [0.1, 0.15) is 12.0 Å². The van der Waals surface area contributed by atoms with Gasteiger partial charge in [0.25, 0.3) is 11.6 Å². The lowest BCUT2D eigenvalue weighted by Gasteiger charge is -2.33. The first-order chi connectivity index (χ1) is 10.0. The normalized spacial score (nSPS) is 16.0. The second kappa shape index (κ2) is 6.49. The molecule has 0 aliphatic carbocycles. The number of nitro groups is 1. The fourth-order valence-electron chi connectivity index (χ4n) is 2.62. The van der Waals surface area contributed by atoms with Crippen molar-refractivity contribution in [3.63, 3.8) is 0 Å². The minimum Gasteiger partial charge on any atom is -0.365 e. The number of nitrogens with two attached hydrogens (primary N) is 1. The van der Waals surface area contributed by atoms with Crippen molar-refractivity contribution in [1.82, 2.24) is 10.3 Å². The molecule has 0 saturated carbocycles. The predicted octanol–water partition coefficient (Wildman–Crippen LogP) is 0.524. The second-order valence-corrected chi connectivity index (χ2v) is 5.17. The molecule has 2 rings (SSSR count). The predicted molar refractivity (Wildman–Crippen MR) is 78.3 cm³/mol. The van der Waals surface area contributed by atoms with Gasteiger partial charge in [0.2, 0.25) is 0 Å². The molecule has 0 bridgehead atoms. The van der Waals surface area contributed by atoms with Crippen LogP contribution in [0.2, 0.25) is 0 Å². The van der Waals surface area contributed by atoms with Crippen LogP contribution < -0.4 is 16.0 Å². The lowest BCUT2D eigenvalue weighted by molar-refractivity contribution is -0.385. The summed E-state index contributed by atoms with van der Waals surface area (Å²) in [5.41, 5.74) is 5.21. The van der Waals surface area contributed by atoms with E-state index in [2.05, 4.69) is 10.3 Å². The molecule has 3 N–H and O–H groups in total. The Labute approximate surface area is 122 Å². The molecule has 8 heteroatoms. The van der Waals surface area contributed by atoms with Gasteiger partial charge in [0, 0.05) is 19.2 Å². The number of nitrogens with one attached hydrogen (secondary N) is 1. The van der Waals surface area contributed by atoms with Gasteiger partial charge < -0.3 is 16.0 Å². The van der Waals surface area contributed by atoms with Crippen LogP contribution in [0.1, 0.15) is 23.2 Å². The number of aromatic nitrogens is 1. The molecule has 8 nitrogen and oxygen atoms in total. The fraction of sp³-hybridized carbons (Fsp3) is 0.538. The number of nitrogens with zero attached hydrogens (tertiary/aromatic N) is 3. The number of carbonyl (C=O) groups is 1. The third-order valence-electron chi connectivity index (χ3n) is 3.74. The molecule has 1 aromatic rings. The van der Waals surface area contributed by atoms with Crippen molar-refractivity contribution >= 4 is 17.4 Å². The van der Waals surface area contributed by atoms with Crippen molar-refractivity contribution in [2.24, 2.45) is 11.7 Å². The van der Waals surface area contributed by atoms with Gasteiger partial charge in [-0.25, -0.2) is 4.98 Å². The summed E-state index contributed by atoms with van der Waals surface area (Å²) in [6, 6.07) is 1.20. The number of piperidine rings is 1. The lowest BCUT2D eigenvalue weighted by atomic mass is 9.96. The van der Waals surface area contributed by atoms with Crippen LogP contribution in [0.25, 0.3) is 0 Å². The van der Waals surface area contributed by atoms with E-state index in [0.717, 1.165) is 32.5 Å². The van der Waals surface area contributed by atoms with E-state index in [1.165, 1.54) is 12.3 Å². The number of anilines is 1. The van der Waals surface area contributed by atoms with Gasteiger partial charge in [-0.2, -0.15) is 0 Å². The van der Waals surface area contributed by atoms with E-state index in [0.29, 0.717) is 11.7 Å². The Morgan fingerprint density at radius 2 is 2.24 bits per heavy atom. The number of hydrogen-bond donors (Lipinski definition) is 2. The van der Waals surface area contributed by atoms with Crippen LogP contribution >= 0.6 is 0 Å². The van der Waals surface area contributed by atoms with Gasteiger partial charge in [-0.1, -0.05) is 0 Å². The van der Waals surface area contributed by atoms with E-state index in [4.69, 9.17) is 5.73 Å². The van der Waals surface area contributed by atoms with E-state index in [1.807, 2.05) is 11.9 Å². The average molecular weight is 293 g/mol. The highest BCUT2D eigenvalue weighted by Crippen LogP contribution is 2.26. The summed E-state index contributed by atoms with van der Waals surface area (Å²) in [5, 5.41) is 13.9. The number of hydrogen-bond acceptors (Lipinski definition) is 6. The summed E-state index contributed by atoms with van der Waals surface area (Å²) in [7, 11) is 1.93. The lowest BCUT2D eigenvalue weighted by Crippen LogP contribution is -2.38. The SMILES string of the molecule is CNCC1CCN(c2ncc([N+](=O)[O-])cc2C(N)=O)CC1. The molecule has 0 atom stereocenters. The maximum Gasteiger partial charge on any atom is 0.288 e. The zero-order valence-corrected chi connectivity index (χ0v) is 11.9. The molecular formula is C13H19N5O3. The summed E-state index contributed by atoms with van der Waals surface area (Å²) in [6.07, 6.45) is 3.14. The summed E-state index contributed by atoms with van der Waals surface area (Å²) in [6.45, 7) is 2.49. The first kappa shape index (κ1) is 15.2. The van der Waals surface area contributed by atoms with Crippen LogP contribution in [0.3, 0.4) is 0 Å². The first-order valence-electron chi connectivity index (χ1n) is 6.86. The molecule has 0 unspecified atom stereocenters. The Bertz CT molecular complexity index is 541. The van der Waals surface area contributed by atoms with Crippen LogP contribution in [0, 0.1) is 16.0 Å². The quantitative estimate of drug-likeness (QED) is 0.604. The van der Waals surface area contributed by atoms with E-state index < -0.39 is 10.8 Å². The maximum absolute atomic E-state index is 11.5. The minimum atomic E-state index is -0.696. The van der Waals surface area contributed by atoms with E-state index in [-0.39, 0.29) is 11.3 Å². The van der Waals surface area contributed by atoms with Gasteiger partial charge in [-0.15, -0.1) is 0 Å². The molecule has 21 heavy (non-hydrogen) atoms. The number of amides is 1.